The van der Waals surface area contributed by atoms with Crippen LogP contribution in [0.1, 0.15) is 76.1 Å². The Morgan fingerprint density at radius 3 is 2.54 bits per heavy atom. The number of ether oxygens (including phenoxy) is 1. The Balaban J connectivity index is 1.75. The van der Waals surface area contributed by atoms with Gasteiger partial charge >= 0.3 is 6.09 Å². The van der Waals surface area contributed by atoms with Gasteiger partial charge in [0.15, 0.2) is 5.69 Å². The van der Waals surface area contributed by atoms with Gasteiger partial charge in [0.05, 0.1) is 12.5 Å². The number of amides is 4. The first kappa shape index (κ1) is 26.4. The molecular formula is C22H31F2N5O6. The minimum absolute atomic E-state index is 0.120. The van der Waals surface area contributed by atoms with E-state index in [1.807, 2.05) is 6.92 Å². The zero-order chi connectivity index (χ0) is 26.0. The molecule has 1 aromatic heterocycles. The summed E-state index contributed by atoms with van der Waals surface area (Å²) in [4.78, 5) is 50.7. The second-order valence-electron chi connectivity index (χ2n) is 10.3. The van der Waals surface area contributed by atoms with Crippen molar-refractivity contribution < 1.29 is 37.2 Å². The summed E-state index contributed by atoms with van der Waals surface area (Å²) in [6.45, 7) is 7.26. The van der Waals surface area contributed by atoms with Crippen LogP contribution in [0.25, 0.3) is 0 Å². The predicted octanol–water partition coefficient (Wildman–Crippen LogP) is 2.31. The fourth-order valence-corrected chi connectivity index (χ4v) is 3.58. The Morgan fingerprint density at radius 2 is 2.03 bits per heavy atom. The molecule has 2 atom stereocenters. The molecule has 1 saturated heterocycles. The van der Waals surface area contributed by atoms with E-state index in [1.54, 1.807) is 20.8 Å². The molecule has 1 saturated carbocycles. The Kier molecular flexibility index (Phi) is 7.65. The summed E-state index contributed by atoms with van der Waals surface area (Å²) in [7, 11) is 0. The number of nitrogens with one attached hydrogen (secondary N) is 3. The third-order valence-corrected chi connectivity index (χ3v) is 5.82. The molecule has 1 aliphatic heterocycles. The molecule has 35 heavy (non-hydrogen) atoms. The largest absolute Gasteiger partial charge is 0.442 e. The number of carbonyl (C=O) groups excluding carboxylic acids is 4. The molecule has 0 spiro atoms. The third kappa shape index (κ3) is 7.36. The van der Waals surface area contributed by atoms with Gasteiger partial charge in [-0.15, -0.1) is 0 Å². The smallest absolute Gasteiger partial charge is 0.429 e. The standard InChI is InChI=1S/C22H31F2N5O6/c1-21(2,3)34-20(33)29(11-12-5-8-25-17(12)30)27-19(32)14(10-22(4)6-7-22)26-18(31)13-9-15(16(23)24)35-28-13/h9,12,14,16H,5-8,10-11H2,1-4H3,(H,25,30)(H,26,31)(H,27,32)/t12-,14-/m0/s1. The quantitative estimate of drug-likeness (QED) is 0.466. The summed E-state index contributed by atoms with van der Waals surface area (Å²) in [5.74, 6) is -3.14. The van der Waals surface area contributed by atoms with Gasteiger partial charge in [-0.05, 0) is 51.9 Å². The van der Waals surface area contributed by atoms with Crippen molar-refractivity contribution in [2.45, 2.75) is 71.4 Å². The van der Waals surface area contributed by atoms with Gasteiger partial charge in [0.2, 0.25) is 11.7 Å². The number of hydrazine groups is 1. The molecule has 2 fully saturated rings. The molecule has 1 aromatic rings. The normalized spacial score (nSPS) is 19.6. The van der Waals surface area contributed by atoms with Crippen molar-refractivity contribution in [3.8, 4) is 0 Å². The maximum Gasteiger partial charge on any atom is 0.429 e. The molecular weight excluding hydrogens is 468 g/mol. The van der Waals surface area contributed by atoms with Crippen LogP contribution in [0.3, 0.4) is 0 Å². The van der Waals surface area contributed by atoms with Gasteiger partial charge in [0.25, 0.3) is 18.2 Å². The van der Waals surface area contributed by atoms with Gasteiger partial charge in [-0.3, -0.25) is 19.8 Å². The molecule has 0 unspecified atom stereocenters. The molecule has 3 N–H and O–H groups in total. The number of carbonyl (C=O) groups is 4. The number of halogens is 2. The van der Waals surface area contributed by atoms with E-state index < -0.39 is 53.3 Å². The van der Waals surface area contributed by atoms with Crippen LogP contribution in [0.2, 0.25) is 0 Å². The van der Waals surface area contributed by atoms with Crippen LogP contribution in [0.5, 0.6) is 0 Å². The van der Waals surface area contributed by atoms with E-state index in [1.165, 1.54) is 0 Å². The number of nitrogens with zero attached hydrogens (tertiary/aromatic N) is 2. The monoisotopic (exact) mass is 499 g/mol. The van der Waals surface area contributed by atoms with Crippen molar-refractivity contribution in [1.82, 2.24) is 26.2 Å². The van der Waals surface area contributed by atoms with Gasteiger partial charge in [-0.2, -0.15) is 0 Å². The average molecular weight is 500 g/mol. The van der Waals surface area contributed by atoms with E-state index in [0.717, 1.165) is 23.9 Å². The summed E-state index contributed by atoms with van der Waals surface area (Å²) in [5.41, 5.74) is 1.02. The van der Waals surface area contributed by atoms with E-state index in [0.29, 0.717) is 13.0 Å². The summed E-state index contributed by atoms with van der Waals surface area (Å²) in [5, 5.41) is 9.45. The fraction of sp³-hybridized carbons (Fsp3) is 0.682. The van der Waals surface area contributed by atoms with Crippen LogP contribution in [0, 0.1) is 11.3 Å². The van der Waals surface area contributed by atoms with E-state index in [2.05, 4.69) is 25.7 Å². The molecule has 2 heterocycles. The van der Waals surface area contributed by atoms with E-state index >= 15 is 0 Å². The van der Waals surface area contributed by atoms with Gasteiger partial charge in [0.1, 0.15) is 11.6 Å². The number of alkyl halides is 2. The van der Waals surface area contributed by atoms with Crippen LogP contribution in [-0.4, -0.2) is 58.7 Å². The van der Waals surface area contributed by atoms with Crippen molar-refractivity contribution >= 4 is 23.8 Å². The molecule has 0 radical (unpaired) electrons. The highest BCUT2D eigenvalue weighted by Gasteiger charge is 2.42. The van der Waals surface area contributed by atoms with Gasteiger partial charge < -0.3 is 19.9 Å². The van der Waals surface area contributed by atoms with Crippen molar-refractivity contribution in [1.29, 1.82) is 0 Å². The third-order valence-electron chi connectivity index (χ3n) is 5.82. The highest BCUT2D eigenvalue weighted by molar-refractivity contribution is 5.96. The first-order valence-corrected chi connectivity index (χ1v) is 11.4. The van der Waals surface area contributed by atoms with Crippen molar-refractivity contribution in [2.24, 2.45) is 11.3 Å². The molecule has 1 aliphatic carbocycles. The first-order valence-electron chi connectivity index (χ1n) is 11.4. The molecule has 4 amide bonds. The second kappa shape index (κ2) is 10.2. The van der Waals surface area contributed by atoms with Crippen LogP contribution in [0.4, 0.5) is 13.6 Å². The van der Waals surface area contributed by atoms with E-state index in [9.17, 15) is 28.0 Å². The van der Waals surface area contributed by atoms with E-state index in [-0.39, 0.29) is 24.3 Å². The minimum atomic E-state index is -2.94. The average Bonchev–Trinajstić information content (AvgIpc) is 3.13. The van der Waals surface area contributed by atoms with Crippen molar-refractivity contribution in [3.63, 3.8) is 0 Å². The number of hydrogen-bond acceptors (Lipinski definition) is 7. The molecule has 0 bridgehead atoms. The maximum atomic E-state index is 13.2. The molecule has 0 aromatic carbocycles. The predicted molar refractivity (Wildman–Crippen MR) is 117 cm³/mol. The fourth-order valence-electron chi connectivity index (χ4n) is 3.58. The maximum absolute atomic E-state index is 13.2. The topological polar surface area (TPSA) is 143 Å². The molecule has 13 heteroatoms. The number of aromatic nitrogens is 1. The van der Waals surface area contributed by atoms with Gasteiger partial charge in [-0.25, -0.2) is 18.6 Å². The highest BCUT2D eigenvalue weighted by Crippen LogP contribution is 2.48. The summed E-state index contributed by atoms with van der Waals surface area (Å²) < 4.78 is 35.4. The van der Waals surface area contributed by atoms with Gasteiger partial charge in [0, 0.05) is 12.6 Å². The zero-order valence-electron chi connectivity index (χ0n) is 20.2. The van der Waals surface area contributed by atoms with Crippen molar-refractivity contribution in [2.75, 3.05) is 13.1 Å². The van der Waals surface area contributed by atoms with Crippen molar-refractivity contribution in [3.05, 3.63) is 17.5 Å². The summed E-state index contributed by atoms with van der Waals surface area (Å²) >= 11 is 0. The van der Waals surface area contributed by atoms with Crippen LogP contribution < -0.4 is 16.1 Å². The van der Waals surface area contributed by atoms with Crippen LogP contribution in [0.15, 0.2) is 10.6 Å². The number of hydrogen-bond donors (Lipinski definition) is 3. The van der Waals surface area contributed by atoms with E-state index in [4.69, 9.17) is 4.74 Å². The first-order chi connectivity index (χ1) is 16.3. The Hall–Kier alpha value is -3.25. The molecule has 3 rings (SSSR count). The lowest BCUT2D eigenvalue weighted by Gasteiger charge is -2.30. The van der Waals surface area contributed by atoms with Crippen LogP contribution in [-0.2, 0) is 14.3 Å². The minimum Gasteiger partial charge on any atom is -0.442 e. The Bertz CT molecular complexity index is 972. The molecule has 194 valence electrons. The molecule has 2 aliphatic rings. The second-order valence-corrected chi connectivity index (χ2v) is 10.3. The highest BCUT2D eigenvalue weighted by atomic mass is 19.3. The Morgan fingerprint density at radius 1 is 1.34 bits per heavy atom. The summed E-state index contributed by atoms with van der Waals surface area (Å²) in [6.07, 6.45) is -1.40. The Labute approximate surface area is 201 Å². The SMILES string of the molecule is CC1(C[C@H](NC(=O)c2cc(C(F)F)on2)C(=O)NN(C[C@@H]2CCNC2=O)C(=O)OC(C)(C)C)CC1. The lowest BCUT2D eigenvalue weighted by Crippen LogP contribution is -2.56. The zero-order valence-corrected chi connectivity index (χ0v) is 20.2. The summed E-state index contributed by atoms with van der Waals surface area (Å²) in [6, 6.07) is -0.302. The van der Waals surface area contributed by atoms with Gasteiger partial charge in [-0.1, -0.05) is 12.1 Å². The number of rotatable bonds is 8. The lowest BCUT2D eigenvalue weighted by molar-refractivity contribution is -0.130. The lowest BCUT2D eigenvalue weighted by atomic mass is 9.98. The van der Waals surface area contributed by atoms with Crippen LogP contribution >= 0.6 is 0 Å². The molecule has 11 nitrogen and oxygen atoms in total.